The lowest BCUT2D eigenvalue weighted by Crippen LogP contribution is -2.39. The van der Waals surface area contributed by atoms with Crippen LogP contribution in [0.15, 0.2) is 30.3 Å². The average molecular weight is 279 g/mol. The van der Waals surface area contributed by atoms with E-state index in [0.29, 0.717) is 0 Å². The first-order valence-electron chi connectivity index (χ1n) is 6.33. The number of amides is 1. The van der Waals surface area contributed by atoms with E-state index in [-0.39, 0.29) is 17.5 Å². The normalized spacial score (nSPS) is 12.4. The molecule has 0 radical (unpaired) electrons. The van der Waals surface area contributed by atoms with Crippen LogP contribution in [0.5, 0.6) is 0 Å². The van der Waals surface area contributed by atoms with E-state index >= 15 is 0 Å². The molecule has 0 saturated heterocycles. The monoisotopic (exact) mass is 279 g/mol. The maximum Gasteiger partial charge on any atom is 0.331 e. The molecule has 0 fully saturated rings. The molecule has 1 aromatic carbocycles. The Balaban J connectivity index is 2.56. The molecule has 1 N–H and O–H groups in total. The van der Waals surface area contributed by atoms with Gasteiger partial charge in [-0.3, -0.25) is 4.79 Å². The average Bonchev–Trinajstić information content (AvgIpc) is 2.37. The molecular weight excluding hydrogens is 261 g/mol. The summed E-state index contributed by atoms with van der Waals surface area (Å²) >= 11 is 0. The molecule has 1 atom stereocenters. The highest BCUT2D eigenvalue weighted by molar-refractivity contribution is 5.90. The highest BCUT2D eigenvalue weighted by Gasteiger charge is 2.16. The summed E-state index contributed by atoms with van der Waals surface area (Å²) in [4.78, 5) is 23.1. The zero-order chi connectivity index (χ0) is 15.1. The summed E-state index contributed by atoms with van der Waals surface area (Å²) < 4.78 is 18.2. The van der Waals surface area contributed by atoms with Gasteiger partial charge in [0.05, 0.1) is 0 Å². The number of carbonyl (C=O) groups excluding carboxylic acids is 2. The quantitative estimate of drug-likeness (QED) is 0.664. The van der Waals surface area contributed by atoms with Crippen LogP contribution in [0.3, 0.4) is 0 Å². The second kappa shape index (κ2) is 7.43. The predicted molar refractivity (Wildman–Crippen MR) is 74.3 cm³/mol. The summed E-state index contributed by atoms with van der Waals surface area (Å²) in [7, 11) is 0. The molecule has 108 valence electrons. The highest BCUT2D eigenvalue weighted by Crippen LogP contribution is 2.08. The van der Waals surface area contributed by atoms with Crippen molar-refractivity contribution in [3.05, 3.63) is 41.7 Å². The molecule has 1 aromatic rings. The van der Waals surface area contributed by atoms with Crippen molar-refractivity contribution in [2.75, 3.05) is 0 Å². The van der Waals surface area contributed by atoms with Crippen molar-refractivity contribution in [2.24, 2.45) is 0 Å². The van der Waals surface area contributed by atoms with Gasteiger partial charge in [-0.2, -0.15) is 0 Å². The first-order chi connectivity index (χ1) is 9.40. The second-order valence-electron chi connectivity index (χ2n) is 4.60. The Morgan fingerprint density at radius 1 is 1.25 bits per heavy atom. The standard InChI is InChI=1S/C15H18FNO3/c1-10(2)17-15(19)11(3)20-14(18)9-8-12-6-4-5-7-13(12)16/h4-11H,1-3H3,(H,17,19)/b9-8+/t11-/m0/s1. The number of rotatable bonds is 5. The van der Waals surface area contributed by atoms with Crippen LogP contribution in [-0.4, -0.2) is 24.0 Å². The molecule has 1 amide bonds. The van der Waals surface area contributed by atoms with Crippen molar-refractivity contribution in [2.45, 2.75) is 32.9 Å². The maximum atomic E-state index is 13.3. The fourth-order valence-corrected chi connectivity index (χ4v) is 1.44. The van der Waals surface area contributed by atoms with E-state index in [4.69, 9.17) is 4.74 Å². The number of nitrogens with one attached hydrogen (secondary N) is 1. The third-order valence-corrected chi connectivity index (χ3v) is 2.40. The van der Waals surface area contributed by atoms with E-state index in [1.165, 1.54) is 25.1 Å². The molecule has 0 unspecified atom stereocenters. The van der Waals surface area contributed by atoms with Crippen molar-refractivity contribution < 1.29 is 18.7 Å². The van der Waals surface area contributed by atoms with Crippen LogP contribution >= 0.6 is 0 Å². The summed E-state index contributed by atoms with van der Waals surface area (Å²) in [5, 5.41) is 2.63. The van der Waals surface area contributed by atoms with Gasteiger partial charge in [-0.25, -0.2) is 9.18 Å². The Bertz CT molecular complexity index is 512. The zero-order valence-electron chi connectivity index (χ0n) is 11.7. The molecule has 0 bridgehead atoms. The fourth-order valence-electron chi connectivity index (χ4n) is 1.44. The van der Waals surface area contributed by atoms with Gasteiger partial charge in [0.2, 0.25) is 0 Å². The minimum atomic E-state index is -0.893. The van der Waals surface area contributed by atoms with Crippen molar-refractivity contribution in [3.63, 3.8) is 0 Å². The van der Waals surface area contributed by atoms with Crippen molar-refractivity contribution in [3.8, 4) is 0 Å². The largest absolute Gasteiger partial charge is 0.449 e. The molecular formula is C15H18FNO3. The molecule has 1 rings (SSSR count). The van der Waals surface area contributed by atoms with Gasteiger partial charge < -0.3 is 10.1 Å². The van der Waals surface area contributed by atoms with Crippen molar-refractivity contribution in [1.82, 2.24) is 5.32 Å². The Labute approximate surface area is 117 Å². The predicted octanol–water partition coefficient (Wildman–Crippen LogP) is 2.30. The number of ether oxygens (including phenoxy) is 1. The van der Waals surface area contributed by atoms with Gasteiger partial charge in [0.15, 0.2) is 6.10 Å². The van der Waals surface area contributed by atoms with Gasteiger partial charge in [-0.05, 0) is 32.9 Å². The molecule has 0 aliphatic heterocycles. The number of esters is 1. The third-order valence-electron chi connectivity index (χ3n) is 2.40. The molecule has 0 aromatic heterocycles. The Morgan fingerprint density at radius 3 is 2.50 bits per heavy atom. The van der Waals surface area contributed by atoms with E-state index in [1.54, 1.807) is 12.1 Å². The minimum absolute atomic E-state index is 0.0300. The zero-order valence-corrected chi connectivity index (χ0v) is 11.7. The highest BCUT2D eigenvalue weighted by atomic mass is 19.1. The Morgan fingerprint density at radius 2 is 1.90 bits per heavy atom. The van der Waals surface area contributed by atoms with Gasteiger partial charge in [0.1, 0.15) is 5.82 Å². The van der Waals surface area contributed by atoms with Crippen molar-refractivity contribution in [1.29, 1.82) is 0 Å². The Hall–Kier alpha value is -2.17. The molecule has 0 aliphatic carbocycles. The van der Waals surface area contributed by atoms with E-state index < -0.39 is 17.9 Å². The first-order valence-corrected chi connectivity index (χ1v) is 6.33. The first kappa shape index (κ1) is 15.9. The topological polar surface area (TPSA) is 55.4 Å². The molecule has 0 aliphatic rings. The molecule has 0 spiro atoms. The smallest absolute Gasteiger partial charge is 0.331 e. The fraction of sp³-hybridized carbons (Fsp3) is 0.333. The lowest BCUT2D eigenvalue weighted by Gasteiger charge is -2.14. The van der Waals surface area contributed by atoms with E-state index in [0.717, 1.165) is 6.08 Å². The van der Waals surface area contributed by atoms with Crippen LogP contribution in [0.25, 0.3) is 6.08 Å². The summed E-state index contributed by atoms with van der Waals surface area (Å²) in [6.07, 6.45) is 1.51. The number of halogens is 1. The lowest BCUT2D eigenvalue weighted by atomic mass is 10.2. The minimum Gasteiger partial charge on any atom is -0.449 e. The van der Waals surface area contributed by atoms with Crippen LogP contribution < -0.4 is 5.32 Å². The summed E-state index contributed by atoms with van der Waals surface area (Å²) in [6.45, 7) is 5.10. The van der Waals surface area contributed by atoms with Crippen LogP contribution in [0.2, 0.25) is 0 Å². The molecule has 0 heterocycles. The van der Waals surface area contributed by atoms with Crippen LogP contribution in [0, 0.1) is 5.82 Å². The van der Waals surface area contributed by atoms with Gasteiger partial charge in [-0.15, -0.1) is 0 Å². The van der Waals surface area contributed by atoms with E-state index in [1.807, 2.05) is 13.8 Å². The molecule has 4 nitrogen and oxygen atoms in total. The van der Waals surface area contributed by atoms with Gasteiger partial charge in [0.25, 0.3) is 5.91 Å². The number of carbonyl (C=O) groups is 2. The van der Waals surface area contributed by atoms with Gasteiger partial charge in [-0.1, -0.05) is 18.2 Å². The number of hydrogen-bond acceptors (Lipinski definition) is 3. The number of benzene rings is 1. The molecule has 0 saturated carbocycles. The maximum absolute atomic E-state index is 13.3. The van der Waals surface area contributed by atoms with E-state index in [2.05, 4.69) is 5.32 Å². The molecule has 5 heteroatoms. The second-order valence-corrected chi connectivity index (χ2v) is 4.60. The summed E-state index contributed by atoms with van der Waals surface area (Å²) in [5.74, 6) is -1.49. The van der Waals surface area contributed by atoms with E-state index in [9.17, 15) is 14.0 Å². The summed E-state index contributed by atoms with van der Waals surface area (Å²) in [6, 6.07) is 6.02. The third kappa shape index (κ3) is 5.22. The molecule has 20 heavy (non-hydrogen) atoms. The van der Waals surface area contributed by atoms with Gasteiger partial charge >= 0.3 is 5.97 Å². The lowest BCUT2D eigenvalue weighted by molar-refractivity contribution is -0.150. The van der Waals surface area contributed by atoms with Gasteiger partial charge in [0, 0.05) is 17.7 Å². The summed E-state index contributed by atoms with van der Waals surface area (Å²) in [5.41, 5.74) is 0.281. The van der Waals surface area contributed by atoms with Crippen LogP contribution in [0.4, 0.5) is 4.39 Å². The SMILES string of the molecule is CC(C)NC(=O)[C@H](C)OC(=O)/C=C/c1ccccc1F. The van der Waals surface area contributed by atoms with Crippen LogP contribution in [0.1, 0.15) is 26.3 Å². The van der Waals surface area contributed by atoms with Crippen molar-refractivity contribution >= 4 is 18.0 Å². The Kier molecular flexibility index (Phi) is 5.90. The van der Waals surface area contributed by atoms with Crippen LogP contribution in [-0.2, 0) is 14.3 Å². The number of hydrogen-bond donors (Lipinski definition) is 1.